The van der Waals surface area contributed by atoms with Gasteiger partial charge in [0.25, 0.3) is 0 Å². The van der Waals surface area contributed by atoms with E-state index in [1.54, 1.807) is 0 Å². The highest BCUT2D eigenvalue weighted by molar-refractivity contribution is 5.84. The summed E-state index contributed by atoms with van der Waals surface area (Å²) in [6.45, 7) is 6.69. The number of ether oxygens (including phenoxy) is 1. The first-order chi connectivity index (χ1) is 10.4. The molecule has 1 atom stereocenters. The van der Waals surface area contributed by atoms with Crippen molar-refractivity contribution >= 4 is 11.9 Å². The van der Waals surface area contributed by atoms with Gasteiger partial charge in [0.2, 0.25) is 5.91 Å². The first-order valence-electron chi connectivity index (χ1n) is 7.66. The number of rotatable bonds is 9. The maximum absolute atomic E-state index is 11.9. The van der Waals surface area contributed by atoms with Crippen LogP contribution in [0.3, 0.4) is 0 Å². The van der Waals surface area contributed by atoms with E-state index in [-0.39, 0.29) is 12.3 Å². The number of hydrogen-bond donors (Lipinski definition) is 2. The summed E-state index contributed by atoms with van der Waals surface area (Å²) in [7, 11) is 0. The molecule has 0 saturated carbocycles. The van der Waals surface area contributed by atoms with Gasteiger partial charge in [0.1, 0.15) is 11.8 Å². The summed E-state index contributed by atoms with van der Waals surface area (Å²) < 4.78 is 5.58. The third-order valence-electron chi connectivity index (χ3n) is 3.08. The van der Waals surface area contributed by atoms with Crippen LogP contribution in [0.15, 0.2) is 24.3 Å². The van der Waals surface area contributed by atoms with Crippen molar-refractivity contribution in [3.63, 3.8) is 0 Å². The van der Waals surface area contributed by atoms with Crippen molar-refractivity contribution in [2.45, 2.75) is 46.1 Å². The second kappa shape index (κ2) is 9.07. The first kappa shape index (κ1) is 18.0. The van der Waals surface area contributed by atoms with E-state index in [0.717, 1.165) is 11.3 Å². The molecule has 1 amide bonds. The van der Waals surface area contributed by atoms with E-state index in [1.807, 2.05) is 31.2 Å². The minimum atomic E-state index is -0.993. The van der Waals surface area contributed by atoms with E-state index in [0.29, 0.717) is 25.4 Å². The fraction of sp³-hybridized carbons (Fsp3) is 0.529. The van der Waals surface area contributed by atoms with Crippen LogP contribution in [0.2, 0.25) is 0 Å². The molecule has 122 valence electrons. The molecule has 0 heterocycles. The van der Waals surface area contributed by atoms with Crippen molar-refractivity contribution in [2.24, 2.45) is 5.92 Å². The lowest BCUT2D eigenvalue weighted by atomic mass is 10.1. The van der Waals surface area contributed by atoms with Gasteiger partial charge in [0, 0.05) is 0 Å². The number of carbonyl (C=O) groups is 2. The van der Waals surface area contributed by atoms with Crippen molar-refractivity contribution in [1.29, 1.82) is 0 Å². The molecule has 5 heteroatoms. The molecule has 0 aromatic heterocycles. The first-order valence-corrected chi connectivity index (χ1v) is 7.66. The second-order valence-electron chi connectivity index (χ2n) is 5.77. The largest absolute Gasteiger partial charge is 0.493 e. The lowest BCUT2D eigenvalue weighted by molar-refractivity contribution is -0.141. The smallest absolute Gasteiger partial charge is 0.326 e. The average molecular weight is 307 g/mol. The topological polar surface area (TPSA) is 75.6 Å². The summed E-state index contributed by atoms with van der Waals surface area (Å²) in [5.74, 6) is -0.0476. The quantitative estimate of drug-likeness (QED) is 0.735. The number of carbonyl (C=O) groups excluding carboxylic acids is 1. The van der Waals surface area contributed by atoms with E-state index in [4.69, 9.17) is 9.84 Å². The number of aliphatic carboxylic acids is 1. The molecule has 2 N–H and O–H groups in total. The lowest BCUT2D eigenvalue weighted by Crippen LogP contribution is -2.41. The van der Waals surface area contributed by atoms with Gasteiger partial charge < -0.3 is 15.2 Å². The molecule has 1 aromatic carbocycles. The summed E-state index contributed by atoms with van der Waals surface area (Å²) in [6, 6.07) is 6.48. The van der Waals surface area contributed by atoms with Crippen molar-refractivity contribution in [1.82, 2.24) is 5.32 Å². The van der Waals surface area contributed by atoms with Gasteiger partial charge in [0.15, 0.2) is 0 Å². The molecule has 1 aromatic rings. The third kappa shape index (κ3) is 6.61. The minimum Gasteiger partial charge on any atom is -0.493 e. The zero-order valence-electron chi connectivity index (χ0n) is 13.5. The van der Waals surface area contributed by atoms with Gasteiger partial charge in [-0.15, -0.1) is 0 Å². The monoisotopic (exact) mass is 307 g/mol. The zero-order chi connectivity index (χ0) is 16.5. The molecule has 0 aliphatic heterocycles. The molecule has 0 saturated heterocycles. The van der Waals surface area contributed by atoms with Crippen LogP contribution in [0, 0.1) is 5.92 Å². The Kier molecular flexibility index (Phi) is 7.43. The summed E-state index contributed by atoms with van der Waals surface area (Å²) in [5, 5.41) is 11.6. The predicted octanol–water partition coefficient (Wildman–Crippen LogP) is 2.63. The highest BCUT2D eigenvalue weighted by Gasteiger charge is 2.18. The van der Waals surface area contributed by atoms with Crippen molar-refractivity contribution in [3.8, 4) is 5.75 Å². The summed E-state index contributed by atoms with van der Waals surface area (Å²) in [5.41, 5.74) is 0.829. The number of hydrogen-bond acceptors (Lipinski definition) is 3. The van der Waals surface area contributed by atoms with E-state index < -0.39 is 12.0 Å². The Morgan fingerprint density at radius 2 is 1.86 bits per heavy atom. The Morgan fingerprint density at radius 3 is 2.36 bits per heavy atom. The van der Waals surface area contributed by atoms with Crippen LogP contribution >= 0.6 is 0 Å². The average Bonchev–Trinajstić information content (AvgIpc) is 2.46. The Balaban J connectivity index is 2.52. The molecular formula is C17H25NO4. The van der Waals surface area contributed by atoms with Crippen LogP contribution < -0.4 is 10.1 Å². The Labute approximate surface area is 131 Å². The molecule has 0 bridgehead atoms. The molecule has 0 fully saturated rings. The van der Waals surface area contributed by atoms with Crippen molar-refractivity contribution < 1.29 is 19.4 Å². The number of carboxylic acids is 1. The summed E-state index contributed by atoms with van der Waals surface area (Å²) >= 11 is 0. The van der Waals surface area contributed by atoms with E-state index >= 15 is 0 Å². The van der Waals surface area contributed by atoms with Gasteiger partial charge in [-0.05, 0) is 30.0 Å². The molecule has 1 unspecified atom stereocenters. The number of carboxylic acid groups (broad SMARTS) is 1. The fourth-order valence-electron chi connectivity index (χ4n) is 1.94. The van der Waals surface area contributed by atoms with Crippen LogP contribution in [0.1, 0.15) is 39.2 Å². The molecular weight excluding hydrogens is 282 g/mol. The maximum atomic E-state index is 11.9. The molecule has 22 heavy (non-hydrogen) atoms. The van der Waals surface area contributed by atoms with Crippen molar-refractivity contribution in [3.05, 3.63) is 29.8 Å². The molecule has 5 nitrogen and oxygen atoms in total. The zero-order valence-corrected chi connectivity index (χ0v) is 13.5. The van der Waals surface area contributed by atoms with Crippen LogP contribution in [-0.4, -0.2) is 29.6 Å². The number of benzene rings is 1. The van der Waals surface area contributed by atoms with Gasteiger partial charge in [-0.2, -0.15) is 0 Å². The SMILES string of the molecule is CCCC(NC(=O)Cc1ccc(OCC(C)C)cc1)C(=O)O. The Hall–Kier alpha value is -2.04. The third-order valence-corrected chi connectivity index (χ3v) is 3.08. The van der Waals surface area contributed by atoms with Crippen LogP contribution in [0.5, 0.6) is 5.75 Å². The van der Waals surface area contributed by atoms with Gasteiger partial charge in [-0.3, -0.25) is 4.79 Å². The fourth-order valence-corrected chi connectivity index (χ4v) is 1.94. The normalized spacial score (nSPS) is 12.0. The second-order valence-corrected chi connectivity index (χ2v) is 5.77. The summed E-state index contributed by atoms with van der Waals surface area (Å²) in [6.07, 6.45) is 1.31. The maximum Gasteiger partial charge on any atom is 0.326 e. The minimum absolute atomic E-state index is 0.165. The number of amides is 1. The van der Waals surface area contributed by atoms with Crippen molar-refractivity contribution in [2.75, 3.05) is 6.61 Å². The summed E-state index contributed by atoms with van der Waals surface area (Å²) in [4.78, 5) is 22.9. The van der Waals surface area contributed by atoms with Crippen LogP contribution in [0.4, 0.5) is 0 Å². The molecule has 0 aliphatic rings. The standard InChI is InChI=1S/C17H25NO4/c1-4-5-15(17(20)21)18-16(19)10-13-6-8-14(9-7-13)22-11-12(2)3/h6-9,12,15H,4-5,10-11H2,1-3H3,(H,18,19)(H,20,21). The molecule has 1 rings (SSSR count). The predicted molar refractivity (Wildman–Crippen MR) is 85.0 cm³/mol. The molecule has 0 spiro atoms. The lowest BCUT2D eigenvalue weighted by Gasteiger charge is -2.13. The Morgan fingerprint density at radius 1 is 1.23 bits per heavy atom. The van der Waals surface area contributed by atoms with Gasteiger partial charge in [-0.25, -0.2) is 4.79 Å². The Bertz CT molecular complexity index is 482. The van der Waals surface area contributed by atoms with E-state index in [2.05, 4.69) is 19.2 Å². The highest BCUT2D eigenvalue weighted by atomic mass is 16.5. The van der Waals surface area contributed by atoms with Crippen LogP contribution in [-0.2, 0) is 16.0 Å². The molecule has 0 aliphatic carbocycles. The molecule has 0 radical (unpaired) electrons. The van der Waals surface area contributed by atoms with Gasteiger partial charge >= 0.3 is 5.97 Å². The van der Waals surface area contributed by atoms with Gasteiger partial charge in [-0.1, -0.05) is 39.3 Å². The van der Waals surface area contributed by atoms with Crippen LogP contribution in [0.25, 0.3) is 0 Å². The van der Waals surface area contributed by atoms with E-state index in [9.17, 15) is 9.59 Å². The van der Waals surface area contributed by atoms with E-state index in [1.165, 1.54) is 0 Å². The van der Waals surface area contributed by atoms with Gasteiger partial charge in [0.05, 0.1) is 13.0 Å². The highest BCUT2D eigenvalue weighted by Crippen LogP contribution is 2.13. The number of nitrogens with one attached hydrogen (secondary N) is 1.